The first-order chi connectivity index (χ1) is 17.3. The zero-order chi connectivity index (χ0) is 27.6. The molecule has 0 bridgehead atoms. The van der Waals surface area contributed by atoms with E-state index in [-0.39, 0.29) is 67.4 Å². The molecular formula is C20H23CaN7O6. The number of nitrogens with one attached hydrogen (secondary N) is 4. The number of carboxylic acid groups (broad SMARTS) is 2. The Labute approximate surface area is 229 Å². The molecule has 2 heterocycles. The Morgan fingerprint density at radius 3 is 2.62 bits per heavy atom. The summed E-state index contributed by atoms with van der Waals surface area (Å²) in [6.07, 6.45) is -1.25. The van der Waals surface area contributed by atoms with Gasteiger partial charge < -0.3 is 46.4 Å². The van der Waals surface area contributed by atoms with E-state index < -0.39 is 78.1 Å². The number of rotatable bonds is 9. The average Bonchev–Trinajstić information content (AvgIpc) is 2.81. The van der Waals surface area contributed by atoms with Gasteiger partial charge in [0.1, 0.15) is 5.69 Å². The van der Waals surface area contributed by atoms with E-state index in [1.807, 2.05) is 5.32 Å². The molecule has 0 radical (unpaired) electrons. The first-order valence-electron chi connectivity index (χ1n) is 11.8. The Balaban J connectivity index is 0.00000507. The number of H-pyrrole nitrogens is 1. The summed E-state index contributed by atoms with van der Waals surface area (Å²) in [5.74, 6) is -4.35. The summed E-state index contributed by atoms with van der Waals surface area (Å²) in [7, 11) is 1.63. The average molecular weight is 502 g/mol. The Hall–Kier alpha value is -3.03. The summed E-state index contributed by atoms with van der Waals surface area (Å²) >= 11 is 0. The van der Waals surface area contributed by atoms with Crippen molar-refractivity contribution >= 4 is 78.7 Å². The first kappa shape index (κ1) is 21.5. The van der Waals surface area contributed by atoms with Crippen LogP contribution in [0.15, 0.2) is 29.0 Å². The van der Waals surface area contributed by atoms with Gasteiger partial charge in [-0.2, -0.15) is 4.98 Å². The van der Waals surface area contributed by atoms with Gasteiger partial charge in [0, 0.05) is 37.4 Å². The predicted molar refractivity (Wildman–Crippen MR) is 121 cm³/mol. The fraction of sp³-hybridized carbons (Fsp3) is 0.350. The Kier molecular flexibility index (Phi) is 7.53. The fourth-order valence-electron chi connectivity index (χ4n) is 3.15. The SMILES string of the molecule is [2H]c1c([2H])c(C(=O)N[C@@H](CCC(=O)[O-])C(=O)[O-])c([2H])c([2H])c1NC[C@H]1CNc2nc(N)[nH]c(=O)c2N1C.[Ca+2]. The van der Waals surface area contributed by atoms with E-state index >= 15 is 0 Å². The number of nitrogen functional groups attached to an aromatic ring is 1. The van der Waals surface area contributed by atoms with Gasteiger partial charge in [0.05, 0.1) is 23.5 Å². The molecule has 0 fully saturated rings. The second-order valence-electron chi connectivity index (χ2n) is 7.18. The molecule has 13 nitrogen and oxygen atoms in total. The standard InChI is InChI=1S/C20H25N7O6.Ca/c1-27-12(9-23-16-15(27)18(31)26-20(21)25-16)8-22-11-4-2-10(3-5-11)17(30)24-13(19(32)33)6-7-14(28)29;/h2-5,12-13,22H,6-9H2,1H3,(H,24,30)(H,28,29)(H,32,33)(H4,21,23,25,26,31);/q;+2/p-2/t12-,13-;/m0./s1/i2D,3D,4D,5D;. The van der Waals surface area contributed by atoms with E-state index in [4.69, 9.17) is 11.2 Å². The molecule has 1 aromatic carbocycles. The second-order valence-corrected chi connectivity index (χ2v) is 7.18. The molecule has 1 aliphatic rings. The van der Waals surface area contributed by atoms with E-state index in [9.17, 15) is 29.4 Å². The number of carbonyl (C=O) groups excluding carboxylic acids is 3. The molecule has 14 heteroatoms. The second kappa shape index (κ2) is 11.9. The monoisotopic (exact) mass is 501 g/mol. The molecule has 34 heavy (non-hydrogen) atoms. The third-order valence-electron chi connectivity index (χ3n) is 4.91. The summed E-state index contributed by atoms with van der Waals surface area (Å²) in [6.45, 7) is 0.358. The quantitative estimate of drug-likeness (QED) is 0.215. The van der Waals surface area contributed by atoms with Crippen LogP contribution in [-0.4, -0.2) is 97.8 Å². The number of nitrogens with two attached hydrogens (primary N) is 1. The van der Waals surface area contributed by atoms with Gasteiger partial charge in [-0.3, -0.25) is 14.6 Å². The van der Waals surface area contributed by atoms with Gasteiger partial charge in [-0.1, -0.05) is 0 Å². The number of hydrogen-bond acceptors (Lipinski definition) is 11. The number of aliphatic carboxylic acids is 2. The number of aromatic amines is 1. The van der Waals surface area contributed by atoms with E-state index in [0.29, 0.717) is 6.54 Å². The van der Waals surface area contributed by atoms with Crippen molar-refractivity contribution in [3.63, 3.8) is 0 Å². The number of aromatic nitrogens is 2. The van der Waals surface area contributed by atoms with Crippen molar-refractivity contribution in [2.24, 2.45) is 0 Å². The molecule has 0 spiro atoms. The summed E-state index contributed by atoms with van der Waals surface area (Å²) in [6, 6.07) is -4.81. The van der Waals surface area contributed by atoms with Crippen LogP contribution in [0.2, 0.25) is 0 Å². The molecule has 1 aliphatic heterocycles. The van der Waals surface area contributed by atoms with Crippen molar-refractivity contribution in [3.05, 3.63) is 40.1 Å². The molecular weight excluding hydrogens is 474 g/mol. The maximum atomic E-state index is 12.6. The minimum absolute atomic E-state index is 0. The van der Waals surface area contributed by atoms with Crippen LogP contribution in [-0.2, 0) is 9.59 Å². The number of carboxylic acids is 2. The number of hydrogen-bond donors (Lipinski definition) is 5. The van der Waals surface area contributed by atoms with Crippen molar-refractivity contribution in [2.75, 3.05) is 41.4 Å². The van der Waals surface area contributed by atoms with Gasteiger partial charge in [-0.05, 0) is 37.0 Å². The molecule has 1 amide bonds. The van der Waals surface area contributed by atoms with E-state index in [1.165, 1.54) is 0 Å². The Morgan fingerprint density at radius 1 is 1.32 bits per heavy atom. The van der Waals surface area contributed by atoms with Crippen molar-refractivity contribution < 1.29 is 30.1 Å². The number of amides is 1. The van der Waals surface area contributed by atoms with Gasteiger partial charge in [0.25, 0.3) is 11.5 Å². The summed E-state index contributed by atoms with van der Waals surface area (Å²) in [4.78, 5) is 54.9. The Bertz CT molecular complexity index is 1300. The summed E-state index contributed by atoms with van der Waals surface area (Å²) < 4.78 is 32.9. The molecule has 0 unspecified atom stereocenters. The molecule has 1 aromatic heterocycles. The third kappa shape index (κ3) is 6.74. The maximum absolute atomic E-state index is 12.6. The fourth-order valence-corrected chi connectivity index (χ4v) is 3.15. The number of fused-ring (bicyclic) bond motifs is 1. The van der Waals surface area contributed by atoms with Crippen LogP contribution in [0.1, 0.15) is 28.7 Å². The summed E-state index contributed by atoms with van der Waals surface area (Å²) in [5, 5.41) is 29.6. The van der Waals surface area contributed by atoms with Crippen LogP contribution in [0.4, 0.5) is 23.1 Å². The molecule has 6 N–H and O–H groups in total. The van der Waals surface area contributed by atoms with Crippen molar-refractivity contribution in [1.29, 1.82) is 0 Å². The Morgan fingerprint density at radius 2 is 2.00 bits per heavy atom. The number of carbonyl (C=O) groups is 3. The van der Waals surface area contributed by atoms with Gasteiger partial charge in [0.2, 0.25) is 5.95 Å². The topological polar surface area (TPSA) is 208 Å². The zero-order valence-electron chi connectivity index (χ0n) is 22.1. The smallest absolute Gasteiger partial charge is 0.550 e. The van der Waals surface area contributed by atoms with Crippen molar-refractivity contribution in [2.45, 2.75) is 24.9 Å². The number of benzene rings is 1. The van der Waals surface area contributed by atoms with E-state index in [0.717, 1.165) is 0 Å². The normalized spacial score (nSPS) is 16.9. The van der Waals surface area contributed by atoms with Crippen LogP contribution in [0.3, 0.4) is 0 Å². The largest absolute Gasteiger partial charge is 2.00 e. The van der Waals surface area contributed by atoms with Crippen LogP contribution in [0, 0.1) is 0 Å². The zero-order valence-corrected chi connectivity index (χ0v) is 20.3. The number of likely N-dealkylation sites (N-methyl/N-ethyl adjacent to an activating group) is 1. The molecule has 176 valence electrons. The molecule has 2 atom stereocenters. The van der Waals surface area contributed by atoms with E-state index in [1.54, 1.807) is 11.9 Å². The number of anilines is 4. The van der Waals surface area contributed by atoms with Gasteiger partial charge >= 0.3 is 37.7 Å². The van der Waals surface area contributed by atoms with Crippen LogP contribution < -0.4 is 42.4 Å². The first-order valence-corrected chi connectivity index (χ1v) is 9.75. The molecule has 3 rings (SSSR count). The van der Waals surface area contributed by atoms with Crippen LogP contribution in [0.5, 0.6) is 0 Å². The van der Waals surface area contributed by atoms with E-state index in [2.05, 4.69) is 20.6 Å². The predicted octanol–water partition coefficient (Wildman–Crippen LogP) is -3.31. The van der Waals surface area contributed by atoms with Crippen LogP contribution in [0.25, 0.3) is 0 Å². The van der Waals surface area contributed by atoms with Gasteiger partial charge in [0.15, 0.2) is 5.82 Å². The van der Waals surface area contributed by atoms with Gasteiger partial charge in [-0.25, -0.2) is 0 Å². The minimum Gasteiger partial charge on any atom is -0.550 e. The number of nitrogens with zero attached hydrogens (tertiary/aromatic N) is 2. The van der Waals surface area contributed by atoms with Crippen molar-refractivity contribution in [1.82, 2.24) is 15.3 Å². The molecule has 0 saturated carbocycles. The van der Waals surface area contributed by atoms with Crippen molar-refractivity contribution in [3.8, 4) is 0 Å². The third-order valence-corrected chi connectivity index (χ3v) is 4.91. The summed E-state index contributed by atoms with van der Waals surface area (Å²) in [5.41, 5.74) is 4.37. The molecule has 0 saturated heterocycles. The molecule has 0 aliphatic carbocycles. The van der Waals surface area contributed by atoms with Gasteiger partial charge in [-0.15, -0.1) is 0 Å². The molecule has 2 aromatic rings. The van der Waals surface area contributed by atoms with Crippen LogP contribution >= 0.6 is 0 Å². The minimum atomic E-state index is -1.79. The maximum Gasteiger partial charge on any atom is 2.00 e.